The Balaban J connectivity index is 1.88. The highest BCUT2D eigenvalue weighted by atomic mass is 32.3. The number of Topliss-reactive ketones (excluding diaryl/α,β-unsaturated/α-hetero) is 1. The number of aliphatic hydroxyl groups excluding tert-OH is 1. The molecule has 36 heavy (non-hydrogen) atoms. The maximum absolute atomic E-state index is 14.1. The van der Waals surface area contributed by atoms with Gasteiger partial charge in [-0.15, -0.1) is 4.40 Å². The van der Waals surface area contributed by atoms with E-state index >= 15 is 0 Å². The Bertz CT molecular complexity index is 1400. The molecule has 6 N–H and O–H groups in total. The van der Waals surface area contributed by atoms with Crippen LogP contribution >= 0.6 is 10.8 Å². The number of carbonyl (C=O) groups excluding carboxylic acids is 1. The first-order chi connectivity index (χ1) is 16.8. The van der Waals surface area contributed by atoms with E-state index in [0.717, 1.165) is 6.26 Å². The lowest BCUT2D eigenvalue weighted by atomic mass is 9.71. The SMILES string of the molecule is CONC1(CC(C)C)C(=O)C(C2=NS(O)(O)c3cc(NS(C)(=O)=O)ccc3N2)=C(O)c2ccccc21. The van der Waals surface area contributed by atoms with E-state index in [9.17, 15) is 27.4 Å². The van der Waals surface area contributed by atoms with Crippen molar-refractivity contribution in [3.63, 3.8) is 0 Å². The number of hydrogen-bond donors (Lipinski definition) is 6. The van der Waals surface area contributed by atoms with Crippen molar-refractivity contribution in [3.8, 4) is 0 Å². The minimum atomic E-state index is -3.87. The number of anilines is 2. The number of carbonyl (C=O) groups is 1. The number of amidine groups is 1. The van der Waals surface area contributed by atoms with Crippen LogP contribution in [0.4, 0.5) is 11.4 Å². The summed E-state index contributed by atoms with van der Waals surface area (Å²) in [4.78, 5) is 19.3. The van der Waals surface area contributed by atoms with Crippen molar-refractivity contribution in [2.24, 2.45) is 10.3 Å². The van der Waals surface area contributed by atoms with Gasteiger partial charge < -0.3 is 15.3 Å². The maximum Gasteiger partial charge on any atom is 0.229 e. The van der Waals surface area contributed by atoms with Crippen LogP contribution < -0.4 is 15.5 Å². The second-order valence-corrected chi connectivity index (χ2v) is 12.5. The summed E-state index contributed by atoms with van der Waals surface area (Å²) in [7, 11) is -6.09. The molecule has 2 aliphatic rings. The number of nitrogens with zero attached hydrogens (tertiary/aromatic N) is 1. The summed E-state index contributed by atoms with van der Waals surface area (Å²) in [5.74, 6) is -1.12. The molecule has 0 fully saturated rings. The molecule has 0 saturated heterocycles. The van der Waals surface area contributed by atoms with Gasteiger partial charge in [-0.1, -0.05) is 48.9 Å². The van der Waals surface area contributed by atoms with Crippen LogP contribution in [0.3, 0.4) is 0 Å². The van der Waals surface area contributed by atoms with Crippen LogP contribution in [0.15, 0.2) is 57.3 Å². The van der Waals surface area contributed by atoms with Crippen LogP contribution in [0.2, 0.25) is 0 Å². The lowest BCUT2D eigenvalue weighted by Gasteiger charge is -2.41. The van der Waals surface area contributed by atoms with Gasteiger partial charge in [0.15, 0.2) is 11.6 Å². The van der Waals surface area contributed by atoms with Gasteiger partial charge in [0.1, 0.15) is 21.8 Å². The summed E-state index contributed by atoms with van der Waals surface area (Å²) >= 11 is 0. The van der Waals surface area contributed by atoms with Crippen molar-refractivity contribution in [3.05, 3.63) is 59.2 Å². The zero-order valence-corrected chi connectivity index (χ0v) is 21.7. The number of rotatable bonds is 7. The van der Waals surface area contributed by atoms with Gasteiger partial charge in [-0.25, -0.2) is 8.42 Å². The summed E-state index contributed by atoms with van der Waals surface area (Å²) in [6.07, 6.45) is 1.28. The number of ketones is 1. The van der Waals surface area contributed by atoms with Crippen molar-refractivity contribution in [2.45, 2.75) is 30.7 Å². The number of sulfonamides is 1. The van der Waals surface area contributed by atoms with Crippen LogP contribution in [0, 0.1) is 5.92 Å². The van der Waals surface area contributed by atoms with Crippen molar-refractivity contribution in [2.75, 3.05) is 23.4 Å². The van der Waals surface area contributed by atoms with Crippen LogP contribution in [-0.2, 0) is 25.2 Å². The van der Waals surface area contributed by atoms with Gasteiger partial charge in [0.05, 0.1) is 24.7 Å². The fourth-order valence-electron chi connectivity index (χ4n) is 4.56. The third-order valence-corrected chi connectivity index (χ3v) is 7.74. The molecule has 1 heterocycles. The Morgan fingerprint density at radius 2 is 1.89 bits per heavy atom. The van der Waals surface area contributed by atoms with Gasteiger partial charge >= 0.3 is 0 Å². The van der Waals surface area contributed by atoms with E-state index in [0.29, 0.717) is 17.5 Å². The van der Waals surface area contributed by atoms with E-state index in [-0.39, 0.29) is 39.4 Å². The van der Waals surface area contributed by atoms with Gasteiger partial charge in [-0.2, -0.15) is 5.48 Å². The molecule has 0 bridgehead atoms. The second kappa shape index (κ2) is 9.18. The standard InChI is InChI=1S/C23H28N4O7S2/c1-13(2)12-23(27-34-3)16-8-6-5-7-15(16)20(28)19(21(23)29)22-24-17-10-9-14(25-35(4,30)31)11-18(17)36(32,33)26-22/h5-11,13,25,27-28,32-33H,12H2,1-4H3,(H,24,26). The molecule has 1 aliphatic heterocycles. The molecule has 4 rings (SSSR count). The number of benzene rings is 2. The van der Waals surface area contributed by atoms with Crippen LogP contribution in [0.1, 0.15) is 31.4 Å². The van der Waals surface area contributed by atoms with Crippen molar-refractivity contribution in [1.82, 2.24) is 5.48 Å². The highest BCUT2D eigenvalue weighted by Gasteiger charge is 2.50. The molecule has 13 heteroatoms. The summed E-state index contributed by atoms with van der Waals surface area (Å²) in [5, 5.41) is 14.1. The third-order valence-electron chi connectivity index (χ3n) is 5.77. The molecule has 0 aromatic heterocycles. The first kappa shape index (κ1) is 26.1. The number of nitrogens with one attached hydrogen (secondary N) is 3. The molecular formula is C23H28N4O7S2. The van der Waals surface area contributed by atoms with Crippen molar-refractivity contribution in [1.29, 1.82) is 0 Å². The first-order valence-corrected chi connectivity index (χ1v) is 14.3. The highest BCUT2D eigenvalue weighted by molar-refractivity contribution is 8.23. The van der Waals surface area contributed by atoms with Crippen LogP contribution in [0.25, 0.3) is 5.76 Å². The third kappa shape index (κ3) is 4.61. The summed E-state index contributed by atoms with van der Waals surface area (Å²) in [5.41, 5.74) is 2.42. The number of fused-ring (bicyclic) bond motifs is 2. The van der Waals surface area contributed by atoms with E-state index < -0.39 is 32.1 Å². The Morgan fingerprint density at radius 3 is 2.53 bits per heavy atom. The predicted octanol–water partition coefficient (Wildman–Crippen LogP) is 3.85. The average Bonchev–Trinajstić information content (AvgIpc) is 2.77. The number of aliphatic hydroxyl groups is 1. The Morgan fingerprint density at radius 1 is 1.19 bits per heavy atom. The van der Waals surface area contributed by atoms with E-state index in [1.54, 1.807) is 24.3 Å². The number of hydroxylamine groups is 1. The fraction of sp³-hybridized carbons (Fsp3) is 0.304. The van der Waals surface area contributed by atoms with Crippen molar-refractivity contribution < 1.29 is 32.3 Å². The Hall–Kier alpha value is -2.94. The van der Waals surface area contributed by atoms with E-state index in [1.165, 1.54) is 25.3 Å². The molecule has 0 spiro atoms. The lowest BCUT2D eigenvalue weighted by molar-refractivity contribution is -0.129. The zero-order chi connectivity index (χ0) is 26.5. The molecule has 0 amide bonds. The maximum atomic E-state index is 14.1. The molecule has 0 saturated carbocycles. The lowest BCUT2D eigenvalue weighted by Crippen LogP contribution is -2.54. The molecule has 2 aromatic carbocycles. The summed E-state index contributed by atoms with van der Waals surface area (Å²) < 4.78 is 51.2. The topological polar surface area (TPSA) is 170 Å². The molecule has 194 valence electrons. The number of hydrogen-bond acceptors (Lipinski definition) is 10. The zero-order valence-electron chi connectivity index (χ0n) is 20.1. The van der Waals surface area contributed by atoms with Crippen LogP contribution in [-0.4, -0.2) is 47.6 Å². The first-order valence-electron chi connectivity index (χ1n) is 10.9. The summed E-state index contributed by atoms with van der Waals surface area (Å²) in [6.45, 7) is 3.89. The van der Waals surface area contributed by atoms with E-state index in [2.05, 4.69) is 19.9 Å². The van der Waals surface area contributed by atoms with Gasteiger partial charge in [0.2, 0.25) is 10.0 Å². The Labute approximate surface area is 210 Å². The normalized spacial score (nSPS) is 21.9. The van der Waals surface area contributed by atoms with Gasteiger partial charge in [0, 0.05) is 5.56 Å². The molecule has 2 aromatic rings. The molecular weight excluding hydrogens is 508 g/mol. The predicted molar refractivity (Wildman–Crippen MR) is 139 cm³/mol. The molecule has 0 radical (unpaired) electrons. The van der Waals surface area contributed by atoms with Gasteiger partial charge in [-0.3, -0.25) is 18.6 Å². The van der Waals surface area contributed by atoms with Gasteiger partial charge in [-0.05, 0) is 36.1 Å². The molecule has 1 atom stereocenters. The summed E-state index contributed by atoms with van der Waals surface area (Å²) in [6, 6.07) is 11.0. The van der Waals surface area contributed by atoms with E-state index in [1.807, 2.05) is 13.8 Å². The van der Waals surface area contributed by atoms with Crippen LogP contribution in [0.5, 0.6) is 0 Å². The molecule has 1 unspecified atom stereocenters. The van der Waals surface area contributed by atoms with Gasteiger partial charge in [0.25, 0.3) is 0 Å². The second-order valence-electron chi connectivity index (χ2n) is 9.08. The Kier molecular flexibility index (Phi) is 6.66. The quantitative estimate of drug-likeness (QED) is 0.288. The molecule has 1 aliphatic carbocycles. The minimum Gasteiger partial charge on any atom is -0.506 e. The van der Waals surface area contributed by atoms with E-state index in [4.69, 9.17) is 4.84 Å². The highest BCUT2D eigenvalue weighted by Crippen LogP contribution is 2.57. The minimum absolute atomic E-state index is 0.0364. The monoisotopic (exact) mass is 536 g/mol. The average molecular weight is 537 g/mol. The largest absolute Gasteiger partial charge is 0.506 e. The fourth-order valence-corrected chi connectivity index (χ4v) is 6.30. The smallest absolute Gasteiger partial charge is 0.229 e. The molecule has 11 nitrogen and oxygen atoms in total. The van der Waals surface area contributed by atoms with Crippen molar-refractivity contribution >= 4 is 49.6 Å².